The van der Waals surface area contributed by atoms with E-state index >= 15 is 0 Å². The van der Waals surface area contributed by atoms with Gasteiger partial charge in [-0.05, 0) is 25.5 Å². The molecule has 1 heterocycles. The molecule has 0 atom stereocenters. The summed E-state index contributed by atoms with van der Waals surface area (Å²) in [6.45, 7) is 4.67. The molecule has 0 bridgehead atoms. The molecule has 0 aliphatic carbocycles. The number of aromatic nitrogens is 2. The third-order valence-electron chi connectivity index (χ3n) is 6.55. The molecule has 0 amide bonds. The zero-order valence-electron chi connectivity index (χ0n) is 20.3. The first-order valence-corrected chi connectivity index (χ1v) is 12.4. The average Bonchev–Trinajstić information content (AvgIpc) is 3.04. The maximum atomic E-state index is 13.2. The Morgan fingerprint density at radius 1 is 0.758 bits per heavy atom. The summed E-state index contributed by atoms with van der Waals surface area (Å²) in [6, 6.07) is 9.30. The summed E-state index contributed by atoms with van der Waals surface area (Å²) in [7, 11) is 1.79. The van der Waals surface area contributed by atoms with Crippen LogP contribution in [0.15, 0.2) is 44.7 Å². The van der Waals surface area contributed by atoms with Gasteiger partial charge in [0.2, 0.25) is 10.9 Å². The first-order chi connectivity index (χ1) is 16.0. The summed E-state index contributed by atoms with van der Waals surface area (Å²) in [5.41, 5.74) is 0.849. The maximum absolute atomic E-state index is 13.2. The van der Waals surface area contributed by atoms with Crippen LogP contribution in [0.4, 0.5) is 5.69 Å². The van der Waals surface area contributed by atoms with Crippen molar-refractivity contribution in [3.8, 4) is 16.8 Å². The molecule has 0 radical (unpaired) electrons. The lowest BCUT2D eigenvalue weighted by atomic mass is 9.98. The van der Waals surface area contributed by atoms with Crippen molar-refractivity contribution in [3.05, 3.63) is 66.8 Å². The highest BCUT2D eigenvalue weighted by atomic mass is 16.2. The van der Waals surface area contributed by atoms with E-state index in [0.717, 1.165) is 18.5 Å². The van der Waals surface area contributed by atoms with Gasteiger partial charge in [-0.1, -0.05) is 82.9 Å². The van der Waals surface area contributed by atoms with Gasteiger partial charge in [0.05, 0.1) is 22.5 Å². The van der Waals surface area contributed by atoms with E-state index in [4.69, 9.17) is 0 Å². The highest BCUT2D eigenvalue weighted by Crippen LogP contribution is 2.25. The molecule has 1 N–H and O–H groups in total. The van der Waals surface area contributed by atoms with Crippen LogP contribution in [0.1, 0.15) is 76.8 Å². The topological polar surface area (TPSA) is 73.1 Å². The summed E-state index contributed by atoms with van der Waals surface area (Å²) in [4.78, 5) is 37.9. The highest BCUT2D eigenvalue weighted by Gasteiger charge is 2.28. The van der Waals surface area contributed by atoms with E-state index in [1.165, 1.54) is 56.0 Å². The molecular formula is C27H37N3O3. The van der Waals surface area contributed by atoms with Gasteiger partial charge in [0.25, 0.3) is 5.56 Å². The quantitative estimate of drug-likeness (QED) is 0.274. The Morgan fingerprint density at radius 2 is 1.33 bits per heavy atom. The first kappa shape index (κ1) is 24.7. The molecular weight excluding hydrogens is 414 g/mol. The van der Waals surface area contributed by atoms with Crippen LogP contribution in [-0.4, -0.2) is 15.9 Å². The second-order valence-electron chi connectivity index (χ2n) is 8.95. The SMILES string of the molecule is CCCCCCCCCCCCNc1c(-c2c(C)n(C)n(-c3ccccc3)c2=O)c(=O)c1=O. The van der Waals surface area contributed by atoms with Gasteiger partial charge >= 0.3 is 0 Å². The van der Waals surface area contributed by atoms with Crippen LogP contribution in [0.3, 0.4) is 0 Å². The number of hydrogen-bond acceptors (Lipinski definition) is 4. The van der Waals surface area contributed by atoms with Crippen molar-refractivity contribution >= 4 is 5.69 Å². The standard InChI is InChI=1S/C27H37N3O3/c1-4-5-6-7-8-9-10-11-12-16-19-28-24-23(25(31)26(24)32)22-20(2)29(3)30(27(22)33)21-17-14-13-15-18-21/h13-15,17-18,28H,4-12,16,19H2,1-3H3. The van der Waals surface area contributed by atoms with Gasteiger partial charge in [0, 0.05) is 19.3 Å². The Labute approximate surface area is 195 Å². The molecule has 33 heavy (non-hydrogen) atoms. The smallest absolute Gasteiger partial charge is 0.279 e. The number of nitrogens with zero attached hydrogens (tertiary/aromatic N) is 2. The lowest BCUT2D eigenvalue weighted by molar-refractivity contribution is 0.560. The van der Waals surface area contributed by atoms with Crippen molar-refractivity contribution in [3.63, 3.8) is 0 Å². The fourth-order valence-corrected chi connectivity index (χ4v) is 4.48. The molecule has 6 nitrogen and oxygen atoms in total. The number of unbranched alkanes of at least 4 members (excludes halogenated alkanes) is 9. The molecule has 1 aromatic heterocycles. The van der Waals surface area contributed by atoms with Crippen LogP contribution in [0.2, 0.25) is 0 Å². The van der Waals surface area contributed by atoms with Crippen molar-refractivity contribution < 1.29 is 0 Å². The third kappa shape index (κ3) is 5.55. The molecule has 0 saturated carbocycles. The van der Waals surface area contributed by atoms with Crippen LogP contribution >= 0.6 is 0 Å². The Morgan fingerprint density at radius 3 is 1.94 bits per heavy atom. The largest absolute Gasteiger partial charge is 0.381 e. The van der Waals surface area contributed by atoms with Gasteiger partial charge in [-0.25, -0.2) is 4.68 Å². The molecule has 3 rings (SSSR count). The number of anilines is 1. The van der Waals surface area contributed by atoms with Crippen molar-refractivity contribution in [2.45, 2.75) is 78.1 Å². The van der Waals surface area contributed by atoms with Crippen LogP contribution < -0.4 is 21.7 Å². The van der Waals surface area contributed by atoms with E-state index in [0.29, 0.717) is 23.5 Å². The van der Waals surface area contributed by atoms with Crippen LogP contribution in [0.5, 0.6) is 0 Å². The summed E-state index contributed by atoms with van der Waals surface area (Å²) in [5.74, 6) is 0. The predicted molar refractivity (Wildman–Crippen MR) is 136 cm³/mol. The summed E-state index contributed by atoms with van der Waals surface area (Å²) >= 11 is 0. The van der Waals surface area contributed by atoms with Crippen molar-refractivity contribution in [1.29, 1.82) is 0 Å². The monoisotopic (exact) mass is 451 g/mol. The van der Waals surface area contributed by atoms with E-state index in [9.17, 15) is 14.4 Å². The van der Waals surface area contributed by atoms with E-state index in [2.05, 4.69) is 12.2 Å². The van der Waals surface area contributed by atoms with Gasteiger partial charge in [0.1, 0.15) is 0 Å². The Kier molecular flexibility index (Phi) is 8.87. The molecule has 0 spiro atoms. The third-order valence-corrected chi connectivity index (χ3v) is 6.55. The highest BCUT2D eigenvalue weighted by molar-refractivity contribution is 5.83. The van der Waals surface area contributed by atoms with E-state index in [1.807, 2.05) is 30.3 Å². The molecule has 6 heteroatoms. The van der Waals surface area contributed by atoms with Gasteiger partial charge in [-0.15, -0.1) is 0 Å². The molecule has 0 aliphatic rings. The van der Waals surface area contributed by atoms with Crippen LogP contribution in [0.25, 0.3) is 16.8 Å². The summed E-state index contributed by atoms with van der Waals surface area (Å²) in [5, 5.41) is 3.15. The van der Waals surface area contributed by atoms with Crippen molar-refractivity contribution in [2.75, 3.05) is 11.9 Å². The normalized spacial score (nSPS) is 11.4. The van der Waals surface area contributed by atoms with Crippen LogP contribution in [0, 0.1) is 6.92 Å². The number of nitrogens with one attached hydrogen (secondary N) is 1. The van der Waals surface area contributed by atoms with E-state index in [1.54, 1.807) is 18.7 Å². The minimum Gasteiger partial charge on any atom is -0.381 e. The Bertz CT molecular complexity index is 1160. The summed E-state index contributed by atoms with van der Waals surface area (Å²) < 4.78 is 3.27. The van der Waals surface area contributed by atoms with Crippen molar-refractivity contribution in [2.24, 2.45) is 7.05 Å². The van der Waals surface area contributed by atoms with Crippen LogP contribution in [-0.2, 0) is 7.05 Å². The molecule has 0 aliphatic heterocycles. The van der Waals surface area contributed by atoms with Gasteiger partial charge in [-0.2, -0.15) is 0 Å². The molecule has 178 valence electrons. The second kappa shape index (κ2) is 11.8. The number of hydrogen-bond donors (Lipinski definition) is 1. The Balaban J connectivity index is 1.59. The zero-order chi connectivity index (χ0) is 23.8. The van der Waals surface area contributed by atoms with E-state index < -0.39 is 10.9 Å². The maximum Gasteiger partial charge on any atom is 0.279 e. The molecule has 2 aromatic carbocycles. The second-order valence-corrected chi connectivity index (χ2v) is 8.95. The summed E-state index contributed by atoms with van der Waals surface area (Å²) in [6.07, 6.45) is 12.4. The zero-order valence-corrected chi connectivity index (χ0v) is 20.3. The average molecular weight is 452 g/mol. The molecule has 0 saturated heterocycles. The van der Waals surface area contributed by atoms with Gasteiger partial charge in [-0.3, -0.25) is 19.1 Å². The fourth-order valence-electron chi connectivity index (χ4n) is 4.48. The molecule has 0 fully saturated rings. The van der Waals surface area contributed by atoms with E-state index in [-0.39, 0.29) is 11.1 Å². The minimum atomic E-state index is -0.577. The lowest BCUT2D eigenvalue weighted by Gasteiger charge is -2.12. The van der Waals surface area contributed by atoms with Gasteiger partial charge < -0.3 is 5.32 Å². The molecule has 3 aromatic rings. The lowest BCUT2D eigenvalue weighted by Crippen LogP contribution is -2.38. The van der Waals surface area contributed by atoms with Crippen molar-refractivity contribution in [1.82, 2.24) is 9.36 Å². The predicted octanol–water partition coefficient (Wildman–Crippen LogP) is 5.08. The number of rotatable bonds is 14. The number of benzene rings is 1. The molecule has 0 unspecified atom stereocenters. The fraction of sp³-hybridized carbons (Fsp3) is 0.519. The first-order valence-electron chi connectivity index (χ1n) is 12.4. The van der Waals surface area contributed by atoms with Gasteiger partial charge in [0.15, 0.2) is 0 Å². The number of para-hydroxylation sites is 1. The minimum absolute atomic E-state index is 0.236. The Hall–Kier alpha value is -2.89.